The maximum Gasteiger partial charge on any atom is 0.181 e. The maximum atomic E-state index is 5.86. The van der Waals surface area contributed by atoms with Crippen molar-refractivity contribution in [1.82, 2.24) is 15.2 Å². The normalized spacial score (nSPS) is 10.7. The number of nitrogens with one attached hydrogen (secondary N) is 1. The van der Waals surface area contributed by atoms with Crippen LogP contribution in [0.4, 0.5) is 5.69 Å². The Morgan fingerprint density at radius 2 is 2.24 bits per heavy atom. The lowest BCUT2D eigenvalue weighted by Crippen LogP contribution is -1.96. The number of anilines is 1. The minimum atomic E-state index is 0.630. The first kappa shape index (κ1) is 11.6. The zero-order valence-electron chi connectivity index (χ0n) is 10.0. The highest BCUT2D eigenvalue weighted by Gasteiger charge is 2.06. The number of H-pyrrole nitrogens is 1. The lowest BCUT2D eigenvalue weighted by Gasteiger charge is -2.01. The summed E-state index contributed by atoms with van der Waals surface area (Å²) in [6, 6.07) is 5.82. The van der Waals surface area contributed by atoms with Gasteiger partial charge in [-0.25, -0.2) is 4.98 Å². The van der Waals surface area contributed by atoms with Crippen LogP contribution in [0.5, 0.6) is 0 Å². The standard InChI is InChI=1S/C12H16N4O/c1-8-3-4-9(7-10(8)13)12-14-11(15-16-12)5-6-17-2/h3-4,7H,5-6,13H2,1-2H3,(H,14,15,16). The lowest BCUT2D eigenvalue weighted by atomic mass is 10.1. The van der Waals surface area contributed by atoms with Gasteiger partial charge < -0.3 is 10.5 Å². The number of aromatic nitrogens is 3. The molecular formula is C12H16N4O. The summed E-state index contributed by atoms with van der Waals surface area (Å²) in [5, 5.41) is 7.05. The van der Waals surface area contributed by atoms with E-state index in [0.29, 0.717) is 12.4 Å². The molecule has 5 nitrogen and oxygen atoms in total. The van der Waals surface area contributed by atoms with Gasteiger partial charge in [0.1, 0.15) is 5.82 Å². The van der Waals surface area contributed by atoms with Gasteiger partial charge in [-0.1, -0.05) is 12.1 Å². The Morgan fingerprint density at radius 3 is 2.94 bits per heavy atom. The number of nitrogens with two attached hydrogens (primary N) is 1. The minimum absolute atomic E-state index is 0.630. The molecule has 0 fully saturated rings. The Kier molecular flexibility index (Phi) is 3.39. The van der Waals surface area contributed by atoms with E-state index in [1.165, 1.54) is 0 Å². The third kappa shape index (κ3) is 2.62. The van der Waals surface area contributed by atoms with Crippen molar-refractivity contribution >= 4 is 5.69 Å². The highest BCUT2D eigenvalue weighted by atomic mass is 16.5. The van der Waals surface area contributed by atoms with Crippen LogP contribution in [-0.2, 0) is 11.2 Å². The molecule has 1 heterocycles. The highest BCUT2D eigenvalue weighted by Crippen LogP contribution is 2.20. The van der Waals surface area contributed by atoms with E-state index in [9.17, 15) is 0 Å². The number of rotatable bonds is 4. The summed E-state index contributed by atoms with van der Waals surface area (Å²) >= 11 is 0. The van der Waals surface area contributed by atoms with Crippen LogP contribution >= 0.6 is 0 Å². The van der Waals surface area contributed by atoms with Gasteiger partial charge in [0.15, 0.2) is 5.82 Å². The molecule has 2 aromatic rings. The van der Waals surface area contributed by atoms with E-state index < -0.39 is 0 Å². The Morgan fingerprint density at radius 1 is 1.41 bits per heavy atom. The number of hydrogen-bond donors (Lipinski definition) is 2. The molecule has 0 amide bonds. The topological polar surface area (TPSA) is 76.8 Å². The summed E-state index contributed by atoms with van der Waals surface area (Å²) in [5.74, 6) is 1.49. The van der Waals surface area contributed by atoms with Crippen molar-refractivity contribution in [2.45, 2.75) is 13.3 Å². The fraction of sp³-hybridized carbons (Fsp3) is 0.333. The van der Waals surface area contributed by atoms with E-state index in [1.54, 1.807) is 7.11 Å². The second-order valence-corrected chi connectivity index (χ2v) is 3.92. The van der Waals surface area contributed by atoms with Crippen molar-refractivity contribution in [3.05, 3.63) is 29.6 Å². The molecule has 0 aliphatic heterocycles. The minimum Gasteiger partial charge on any atom is -0.398 e. The van der Waals surface area contributed by atoms with Crippen LogP contribution < -0.4 is 5.73 Å². The predicted molar refractivity (Wildman–Crippen MR) is 66.5 cm³/mol. The first-order valence-corrected chi connectivity index (χ1v) is 5.47. The van der Waals surface area contributed by atoms with Crippen molar-refractivity contribution in [3.8, 4) is 11.4 Å². The summed E-state index contributed by atoms with van der Waals surface area (Å²) in [5.41, 5.74) is 8.60. The molecule has 90 valence electrons. The van der Waals surface area contributed by atoms with Gasteiger partial charge in [0.05, 0.1) is 6.61 Å². The van der Waals surface area contributed by atoms with Crippen LogP contribution in [0.2, 0.25) is 0 Å². The highest BCUT2D eigenvalue weighted by molar-refractivity contribution is 5.63. The molecule has 0 bridgehead atoms. The van der Waals surface area contributed by atoms with Crippen LogP contribution in [0.25, 0.3) is 11.4 Å². The largest absolute Gasteiger partial charge is 0.398 e. The van der Waals surface area contributed by atoms with Gasteiger partial charge in [-0.2, -0.15) is 5.10 Å². The van der Waals surface area contributed by atoms with Crippen LogP contribution in [0.1, 0.15) is 11.4 Å². The van der Waals surface area contributed by atoms with Crippen molar-refractivity contribution in [3.63, 3.8) is 0 Å². The average Bonchev–Trinajstić information content (AvgIpc) is 2.79. The molecule has 0 saturated heterocycles. The Bertz CT molecular complexity index is 507. The molecule has 0 saturated carbocycles. The molecular weight excluding hydrogens is 216 g/mol. The molecule has 0 aliphatic rings. The fourth-order valence-electron chi connectivity index (χ4n) is 1.51. The van der Waals surface area contributed by atoms with Gasteiger partial charge in [0.25, 0.3) is 0 Å². The van der Waals surface area contributed by atoms with Gasteiger partial charge in [-0.3, -0.25) is 5.10 Å². The van der Waals surface area contributed by atoms with Crippen molar-refractivity contribution in [2.75, 3.05) is 19.5 Å². The molecule has 5 heteroatoms. The third-order valence-electron chi connectivity index (χ3n) is 2.61. The monoisotopic (exact) mass is 232 g/mol. The third-order valence-corrected chi connectivity index (χ3v) is 2.61. The molecule has 1 aromatic carbocycles. The number of nitrogen functional groups attached to an aromatic ring is 1. The zero-order valence-corrected chi connectivity index (χ0v) is 10.0. The van der Waals surface area contributed by atoms with Gasteiger partial charge >= 0.3 is 0 Å². The Labute approximate surface area is 100 Å². The fourth-order valence-corrected chi connectivity index (χ4v) is 1.51. The lowest BCUT2D eigenvalue weighted by molar-refractivity contribution is 0.200. The SMILES string of the molecule is COCCc1nc(-c2ccc(C)c(N)c2)n[nH]1. The predicted octanol–water partition coefficient (Wildman–Crippen LogP) is 1.55. The number of ether oxygens (including phenoxy) is 1. The van der Waals surface area contributed by atoms with E-state index in [-0.39, 0.29) is 0 Å². The van der Waals surface area contributed by atoms with Gasteiger partial charge in [0.2, 0.25) is 0 Å². The molecule has 0 unspecified atom stereocenters. The summed E-state index contributed by atoms with van der Waals surface area (Å²) in [4.78, 5) is 4.39. The molecule has 1 aromatic heterocycles. The maximum absolute atomic E-state index is 5.86. The van der Waals surface area contributed by atoms with Gasteiger partial charge in [-0.15, -0.1) is 0 Å². The van der Waals surface area contributed by atoms with Gasteiger partial charge in [0, 0.05) is 24.8 Å². The second kappa shape index (κ2) is 4.97. The molecule has 3 N–H and O–H groups in total. The summed E-state index contributed by atoms with van der Waals surface area (Å²) in [7, 11) is 1.66. The molecule has 0 atom stereocenters. The molecule has 0 aliphatic carbocycles. The van der Waals surface area contributed by atoms with E-state index in [0.717, 1.165) is 29.1 Å². The number of nitrogens with zero attached hydrogens (tertiary/aromatic N) is 2. The van der Waals surface area contributed by atoms with E-state index in [1.807, 2.05) is 25.1 Å². The smallest absolute Gasteiger partial charge is 0.181 e. The first-order chi connectivity index (χ1) is 8.20. The summed E-state index contributed by atoms with van der Waals surface area (Å²) in [6.45, 7) is 2.60. The van der Waals surface area contributed by atoms with Crippen LogP contribution in [-0.4, -0.2) is 28.9 Å². The van der Waals surface area contributed by atoms with E-state index >= 15 is 0 Å². The van der Waals surface area contributed by atoms with Crippen molar-refractivity contribution in [2.24, 2.45) is 0 Å². The molecule has 0 radical (unpaired) electrons. The van der Waals surface area contributed by atoms with E-state index in [2.05, 4.69) is 15.2 Å². The summed E-state index contributed by atoms with van der Waals surface area (Å²) < 4.78 is 4.99. The number of hydrogen-bond acceptors (Lipinski definition) is 4. The molecule has 2 rings (SSSR count). The summed E-state index contributed by atoms with van der Waals surface area (Å²) in [6.07, 6.45) is 0.727. The van der Waals surface area contributed by atoms with Crippen LogP contribution in [0, 0.1) is 6.92 Å². The van der Waals surface area contributed by atoms with E-state index in [4.69, 9.17) is 10.5 Å². The quantitative estimate of drug-likeness (QED) is 0.784. The zero-order chi connectivity index (χ0) is 12.3. The molecule has 0 spiro atoms. The number of methoxy groups -OCH3 is 1. The van der Waals surface area contributed by atoms with Crippen LogP contribution in [0.15, 0.2) is 18.2 Å². The number of aryl methyl sites for hydroxylation is 1. The van der Waals surface area contributed by atoms with Gasteiger partial charge in [-0.05, 0) is 18.6 Å². The Balaban J connectivity index is 2.21. The van der Waals surface area contributed by atoms with Crippen molar-refractivity contribution in [1.29, 1.82) is 0 Å². The average molecular weight is 232 g/mol. The number of benzene rings is 1. The van der Waals surface area contributed by atoms with Crippen molar-refractivity contribution < 1.29 is 4.74 Å². The molecule has 17 heavy (non-hydrogen) atoms. The first-order valence-electron chi connectivity index (χ1n) is 5.47. The number of aromatic amines is 1. The van der Waals surface area contributed by atoms with Crippen LogP contribution in [0.3, 0.4) is 0 Å². The Hall–Kier alpha value is -1.88. The second-order valence-electron chi connectivity index (χ2n) is 3.92.